The van der Waals surface area contributed by atoms with E-state index in [-0.39, 0.29) is 0 Å². The van der Waals surface area contributed by atoms with Crippen LogP contribution in [0.3, 0.4) is 0 Å². The van der Waals surface area contributed by atoms with Crippen LogP contribution in [0.2, 0.25) is 0 Å². The minimum absolute atomic E-state index is 0.459. The number of hydrogen-bond acceptors (Lipinski definition) is 4. The van der Waals surface area contributed by atoms with Crippen LogP contribution in [-0.2, 0) is 13.6 Å². The molecule has 5 heteroatoms. The summed E-state index contributed by atoms with van der Waals surface area (Å²) in [4.78, 5) is 6.68. The van der Waals surface area contributed by atoms with E-state index in [2.05, 4.69) is 47.4 Å². The molecule has 2 aromatic heterocycles. The molecular formula is C14H23N5. The van der Waals surface area contributed by atoms with Gasteiger partial charge in [0, 0.05) is 37.8 Å². The second-order valence-corrected chi connectivity index (χ2v) is 5.47. The van der Waals surface area contributed by atoms with Crippen molar-refractivity contribution < 1.29 is 0 Å². The molecule has 0 saturated heterocycles. The Labute approximate surface area is 114 Å². The summed E-state index contributed by atoms with van der Waals surface area (Å²) in [5, 5.41) is 9.05. The summed E-state index contributed by atoms with van der Waals surface area (Å²) in [6, 6.07) is 2.64. The smallest absolute Gasteiger partial charge is 0.157 e. The molecule has 2 heterocycles. The zero-order chi connectivity index (χ0) is 14.0. The number of nitrogens with one attached hydrogen (secondary N) is 1. The molecule has 1 N–H and O–H groups in total. The second kappa shape index (κ2) is 5.67. The van der Waals surface area contributed by atoms with E-state index in [0.29, 0.717) is 6.04 Å². The van der Waals surface area contributed by atoms with E-state index in [1.807, 2.05) is 24.9 Å². The average Bonchev–Trinajstić information content (AvgIpc) is 2.61. The Morgan fingerprint density at radius 3 is 2.84 bits per heavy atom. The van der Waals surface area contributed by atoms with Gasteiger partial charge in [0.25, 0.3) is 0 Å². The van der Waals surface area contributed by atoms with E-state index in [1.54, 1.807) is 0 Å². The van der Waals surface area contributed by atoms with Gasteiger partial charge in [-0.25, -0.2) is 4.98 Å². The van der Waals surface area contributed by atoms with Gasteiger partial charge in [0.1, 0.15) is 0 Å². The SMILES string of the molecule is Cc1nn(C)c2ncc(CNC(C)CN(C)C)cc12. The summed E-state index contributed by atoms with van der Waals surface area (Å²) in [5.74, 6) is 0. The highest BCUT2D eigenvalue weighted by Crippen LogP contribution is 2.16. The van der Waals surface area contributed by atoms with Gasteiger partial charge in [0.2, 0.25) is 0 Å². The fraction of sp³-hybridized carbons (Fsp3) is 0.571. The molecule has 1 unspecified atom stereocenters. The lowest BCUT2D eigenvalue weighted by molar-refractivity contribution is 0.349. The molecular weight excluding hydrogens is 238 g/mol. The Morgan fingerprint density at radius 1 is 1.42 bits per heavy atom. The predicted molar refractivity (Wildman–Crippen MR) is 78.1 cm³/mol. The van der Waals surface area contributed by atoms with Crippen LogP contribution < -0.4 is 5.32 Å². The third-order valence-corrected chi connectivity index (χ3v) is 3.21. The number of aryl methyl sites for hydroxylation is 2. The molecule has 0 aromatic carbocycles. The van der Waals surface area contributed by atoms with Gasteiger partial charge < -0.3 is 10.2 Å². The lowest BCUT2D eigenvalue weighted by atomic mass is 10.2. The molecule has 5 nitrogen and oxygen atoms in total. The Kier molecular flexibility index (Phi) is 4.17. The molecule has 19 heavy (non-hydrogen) atoms. The molecule has 0 bridgehead atoms. The van der Waals surface area contributed by atoms with Gasteiger partial charge in [-0.05, 0) is 39.6 Å². The molecule has 0 spiro atoms. The summed E-state index contributed by atoms with van der Waals surface area (Å²) in [6.45, 7) is 6.09. The first-order valence-corrected chi connectivity index (χ1v) is 6.63. The topological polar surface area (TPSA) is 46.0 Å². The third-order valence-electron chi connectivity index (χ3n) is 3.21. The molecule has 0 fully saturated rings. The standard InChI is InChI=1S/C14H23N5/c1-10(9-18(3)4)15-7-12-6-13-11(2)17-19(5)14(13)16-8-12/h6,8,10,15H,7,9H2,1-5H3. The van der Waals surface area contributed by atoms with E-state index in [9.17, 15) is 0 Å². The maximum Gasteiger partial charge on any atom is 0.157 e. The molecule has 0 radical (unpaired) electrons. The monoisotopic (exact) mass is 261 g/mol. The number of fused-ring (bicyclic) bond motifs is 1. The first-order valence-electron chi connectivity index (χ1n) is 6.63. The van der Waals surface area contributed by atoms with E-state index in [4.69, 9.17) is 0 Å². The van der Waals surface area contributed by atoms with Crippen molar-refractivity contribution in [2.24, 2.45) is 7.05 Å². The van der Waals surface area contributed by atoms with Crippen molar-refractivity contribution in [3.63, 3.8) is 0 Å². The van der Waals surface area contributed by atoms with Crippen LogP contribution in [0.15, 0.2) is 12.3 Å². The van der Waals surface area contributed by atoms with Crippen LogP contribution >= 0.6 is 0 Å². The second-order valence-electron chi connectivity index (χ2n) is 5.47. The van der Waals surface area contributed by atoms with Gasteiger partial charge in [-0.2, -0.15) is 5.10 Å². The molecule has 0 aliphatic rings. The van der Waals surface area contributed by atoms with E-state index in [0.717, 1.165) is 29.8 Å². The highest BCUT2D eigenvalue weighted by atomic mass is 15.3. The van der Waals surface area contributed by atoms with E-state index < -0.39 is 0 Å². The zero-order valence-electron chi connectivity index (χ0n) is 12.4. The Bertz CT molecular complexity index is 558. The van der Waals surface area contributed by atoms with Crippen molar-refractivity contribution in [2.75, 3.05) is 20.6 Å². The van der Waals surface area contributed by atoms with Gasteiger partial charge >= 0.3 is 0 Å². The minimum Gasteiger partial charge on any atom is -0.309 e. The molecule has 104 valence electrons. The van der Waals surface area contributed by atoms with Crippen molar-refractivity contribution in [2.45, 2.75) is 26.4 Å². The van der Waals surface area contributed by atoms with Crippen molar-refractivity contribution >= 4 is 11.0 Å². The van der Waals surface area contributed by atoms with Crippen LogP contribution in [-0.4, -0.2) is 46.3 Å². The van der Waals surface area contributed by atoms with Crippen molar-refractivity contribution in [1.82, 2.24) is 25.0 Å². The van der Waals surface area contributed by atoms with Crippen LogP contribution in [0.1, 0.15) is 18.2 Å². The van der Waals surface area contributed by atoms with E-state index >= 15 is 0 Å². The molecule has 2 rings (SSSR count). The van der Waals surface area contributed by atoms with Gasteiger partial charge in [-0.3, -0.25) is 4.68 Å². The molecule has 0 amide bonds. The first kappa shape index (κ1) is 14.0. The number of nitrogens with zero attached hydrogens (tertiary/aromatic N) is 4. The average molecular weight is 261 g/mol. The Hall–Kier alpha value is -1.46. The number of rotatable bonds is 5. The van der Waals surface area contributed by atoms with Crippen molar-refractivity contribution in [3.05, 3.63) is 23.5 Å². The molecule has 0 aliphatic heterocycles. The van der Waals surface area contributed by atoms with Crippen LogP contribution in [0.25, 0.3) is 11.0 Å². The van der Waals surface area contributed by atoms with Crippen LogP contribution in [0, 0.1) is 6.92 Å². The van der Waals surface area contributed by atoms with Crippen molar-refractivity contribution in [1.29, 1.82) is 0 Å². The molecule has 0 saturated carbocycles. The maximum absolute atomic E-state index is 4.49. The lowest BCUT2D eigenvalue weighted by Crippen LogP contribution is -2.35. The summed E-state index contributed by atoms with van der Waals surface area (Å²) in [7, 11) is 6.11. The predicted octanol–water partition coefficient (Wildman–Crippen LogP) is 1.32. The summed E-state index contributed by atoms with van der Waals surface area (Å²) in [5.41, 5.74) is 3.19. The fourth-order valence-corrected chi connectivity index (χ4v) is 2.35. The summed E-state index contributed by atoms with van der Waals surface area (Å²) < 4.78 is 1.83. The largest absolute Gasteiger partial charge is 0.309 e. The van der Waals surface area contributed by atoms with Gasteiger partial charge in [-0.1, -0.05) is 0 Å². The van der Waals surface area contributed by atoms with Gasteiger partial charge in [0.05, 0.1) is 5.69 Å². The fourth-order valence-electron chi connectivity index (χ4n) is 2.35. The number of likely N-dealkylation sites (N-methyl/N-ethyl adjacent to an activating group) is 1. The number of pyridine rings is 1. The highest BCUT2D eigenvalue weighted by Gasteiger charge is 2.08. The van der Waals surface area contributed by atoms with Crippen LogP contribution in [0.5, 0.6) is 0 Å². The van der Waals surface area contributed by atoms with Gasteiger partial charge in [0.15, 0.2) is 5.65 Å². The number of hydrogen-bond donors (Lipinski definition) is 1. The Balaban J connectivity index is 2.07. The maximum atomic E-state index is 4.49. The minimum atomic E-state index is 0.459. The number of aromatic nitrogens is 3. The lowest BCUT2D eigenvalue weighted by Gasteiger charge is -2.18. The highest BCUT2D eigenvalue weighted by molar-refractivity contribution is 5.78. The van der Waals surface area contributed by atoms with Gasteiger partial charge in [-0.15, -0.1) is 0 Å². The Morgan fingerprint density at radius 2 is 2.16 bits per heavy atom. The van der Waals surface area contributed by atoms with Crippen LogP contribution in [0.4, 0.5) is 0 Å². The zero-order valence-corrected chi connectivity index (χ0v) is 12.4. The first-order chi connectivity index (χ1) is 8.97. The molecule has 0 aliphatic carbocycles. The quantitative estimate of drug-likeness (QED) is 0.881. The van der Waals surface area contributed by atoms with Crippen molar-refractivity contribution in [3.8, 4) is 0 Å². The summed E-state index contributed by atoms with van der Waals surface area (Å²) in [6.07, 6.45) is 1.93. The normalized spacial score (nSPS) is 13.4. The molecule has 1 atom stereocenters. The summed E-state index contributed by atoms with van der Waals surface area (Å²) >= 11 is 0. The third kappa shape index (κ3) is 3.30. The molecule has 2 aromatic rings. The van der Waals surface area contributed by atoms with E-state index in [1.165, 1.54) is 5.56 Å².